The van der Waals surface area contributed by atoms with E-state index in [1.54, 1.807) is 13.4 Å². The van der Waals surface area contributed by atoms with Crippen LogP contribution in [0.15, 0.2) is 48.9 Å². The third-order valence-electron chi connectivity index (χ3n) is 5.16. The lowest BCUT2D eigenvalue weighted by Crippen LogP contribution is -2.23. The highest BCUT2D eigenvalue weighted by molar-refractivity contribution is 6.30. The fraction of sp³-hybridized carbons (Fsp3) is 0.217. The van der Waals surface area contributed by atoms with E-state index in [0.717, 1.165) is 28.5 Å². The number of aryl methyl sites for hydroxylation is 1. The Morgan fingerprint density at radius 3 is 2.72 bits per heavy atom. The molecule has 4 aromatic rings. The number of fused-ring (bicyclic) bond motifs is 1. The third kappa shape index (κ3) is 4.02. The maximum Gasteiger partial charge on any atom is 0.238 e. The van der Waals surface area contributed by atoms with Crippen molar-refractivity contribution in [2.24, 2.45) is 0 Å². The zero-order valence-electron chi connectivity index (χ0n) is 17.6. The lowest BCUT2D eigenvalue weighted by molar-refractivity contribution is 0.0390. The van der Waals surface area contributed by atoms with E-state index in [-0.39, 0.29) is 6.10 Å². The molecule has 1 atom stereocenters. The molecule has 162 valence electrons. The summed E-state index contributed by atoms with van der Waals surface area (Å²) in [5.41, 5.74) is 3.48. The molecule has 5 rings (SSSR count). The highest BCUT2D eigenvalue weighted by Gasteiger charge is 2.26. The maximum atomic E-state index is 6.02. The first-order chi connectivity index (χ1) is 15.6. The number of ether oxygens (including phenoxy) is 2. The smallest absolute Gasteiger partial charge is 0.238 e. The highest BCUT2D eigenvalue weighted by atomic mass is 35.5. The maximum absolute atomic E-state index is 6.02. The van der Waals surface area contributed by atoms with Gasteiger partial charge in [0, 0.05) is 11.2 Å². The molecular weight excluding hydrogens is 428 g/mol. The van der Waals surface area contributed by atoms with Gasteiger partial charge in [0.25, 0.3) is 0 Å². The van der Waals surface area contributed by atoms with Gasteiger partial charge >= 0.3 is 0 Å². The molecule has 0 saturated heterocycles. The Kier molecular flexibility index (Phi) is 5.46. The molecule has 1 aliphatic heterocycles. The summed E-state index contributed by atoms with van der Waals surface area (Å²) in [5, 5.41) is 5.30. The highest BCUT2D eigenvalue weighted by Crippen LogP contribution is 2.29. The molecule has 0 radical (unpaired) electrons. The van der Waals surface area contributed by atoms with Gasteiger partial charge in [-0.2, -0.15) is 5.10 Å². The number of benzene rings is 1. The first-order valence-corrected chi connectivity index (χ1v) is 10.5. The zero-order valence-corrected chi connectivity index (χ0v) is 18.4. The van der Waals surface area contributed by atoms with Crippen LogP contribution in [0.3, 0.4) is 0 Å². The van der Waals surface area contributed by atoms with Gasteiger partial charge in [0.2, 0.25) is 5.88 Å². The molecule has 0 N–H and O–H groups in total. The number of pyridine rings is 1. The molecule has 0 spiro atoms. The molecule has 0 bridgehead atoms. The van der Waals surface area contributed by atoms with Gasteiger partial charge < -0.3 is 14.0 Å². The predicted molar refractivity (Wildman–Crippen MR) is 121 cm³/mol. The molecule has 8 nitrogen and oxygen atoms in total. The van der Waals surface area contributed by atoms with Gasteiger partial charge in [0.05, 0.1) is 38.0 Å². The van der Waals surface area contributed by atoms with Crippen LogP contribution in [-0.2, 0) is 11.3 Å². The van der Waals surface area contributed by atoms with Gasteiger partial charge in [-0.15, -0.1) is 0 Å². The van der Waals surface area contributed by atoms with Gasteiger partial charge in [-0.1, -0.05) is 23.7 Å². The fourth-order valence-corrected chi connectivity index (χ4v) is 3.74. The number of nitrogens with zero attached hydrogens (tertiary/aromatic N) is 6. The number of hydrogen-bond acceptors (Lipinski definition) is 6. The Hall–Kier alpha value is -3.49. The van der Waals surface area contributed by atoms with E-state index in [2.05, 4.69) is 15.1 Å². The van der Waals surface area contributed by atoms with Crippen LogP contribution >= 0.6 is 11.6 Å². The number of aromatic nitrogens is 6. The minimum Gasteiger partial charge on any atom is -0.479 e. The van der Waals surface area contributed by atoms with Crippen LogP contribution in [0.2, 0.25) is 5.02 Å². The van der Waals surface area contributed by atoms with Crippen molar-refractivity contribution in [1.29, 1.82) is 0 Å². The Labute approximate surface area is 190 Å². The third-order valence-corrected chi connectivity index (χ3v) is 5.41. The molecular formula is C23H21ClN6O2. The van der Waals surface area contributed by atoms with Gasteiger partial charge in [-0.25, -0.2) is 19.6 Å². The normalized spacial score (nSPS) is 15.8. The molecule has 0 saturated carbocycles. The standard InChI is InChI=1S/C23H21ClN6O2/c1-15-13-29(14-25-15)19-9-7-18(26-23(19)31-2)8-10-20-27-22-21(32-12-11-30(22)28-20)16-3-5-17(24)6-4-16/h3-10,13-14,21H,11-12H2,1-2H3/t21-/m0/s1. The van der Waals surface area contributed by atoms with E-state index in [1.807, 2.05) is 70.9 Å². The molecule has 3 aromatic heterocycles. The molecule has 1 aliphatic rings. The largest absolute Gasteiger partial charge is 0.479 e. The summed E-state index contributed by atoms with van der Waals surface area (Å²) in [7, 11) is 1.60. The number of hydrogen-bond donors (Lipinski definition) is 0. The molecule has 0 unspecified atom stereocenters. The van der Waals surface area contributed by atoms with Crippen molar-refractivity contribution in [3.05, 3.63) is 82.5 Å². The molecule has 1 aromatic carbocycles. The summed E-state index contributed by atoms with van der Waals surface area (Å²) < 4.78 is 15.2. The van der Waals surface area contributed by atoms with E-state index in [0.29, 0.717) is 29.9 Å². The molecule has 0 aliphatic carbocycles. The Bertz CT molecular complexity index is 1280. The Balaban J connectivity index is 1.40. The van der Waals surface area contributed by atoms with Crippen molar-refractivity contribution in [3.8, 4) is 11.6 Å². The minimum atomic E-state index is -0.271. The average molecular weight is 449 g/mol. The number of halogens is 1. The minimum absolute atomic E-state index is 0.271. The molecule has 32 heavy (non-hydrogen) atoms. The van der Waals surface area contributed by atoms with Crippen molar-refractivity contribution in [1.82, 2.24) is 29.3 Å². The SMILES string of the molecule is COc1nc(C=Cc2nc3n(n2)CCO[C@H]3c2ccc(Cl)cc2)ccc1-n1cnc(C)c1. The van der Waals surface area contributed by atoms with Crippen molar-refractivity contribution >= 4 is 23.8 Å². The summed E-state index contributed by atoms with van der Waals surface area (Å²) >= 11 is 6.02. The van der Waals surface area contributed by atoms with Crippen molar-refractivity contribution < 1.29 is 9.47 Å². The van der Waals surface area contributed by atoms with Gasteiger partial charge in [-0.05, 0) is 48.9 Å². The molecule has 0 fully saturated rings. The number of imidazole rings is 1. The van der Waals surface area contributed by atoms with Crippen LogP contribution < -0.4 is 4.74 Å². The number of methoxy groups -OCH3 is 1. The fourth-order valence-electron chi connectivity index (χ4n) is 3.62. The number of rotatable bonds is 5. The Morgan fingerprint density at radius 1 is 1.12 bits per heavy atom. The van der Waals surface area contributed by atoms with Crippen LogP contribution in [0.4, 0.5) is 0 Å². The zero-order chi connectivity index (χ0) is 22.1. The van der Waals surface area contributed by atoms with Crippen LogP contribution in [0.25, 0.3) is 17.8 Å². The predicted octanol–water partition coefficient (Wildman–Crippen LogP) is 4.12. The first kappa shape index (κ1) is 20.4. The van der Waals surface area contributed by atoms with E-state index >= 15 is 0 Å². The van der Waals surface area contributed by atoms with Crippen molar-refractivity contribution in [3.63, 3.8) is 0 Å². The molecule has 4 heterocycles. The van der Waals surface area contributed by atoms with Crippen LogP contribution in [0.5, 0.6) is 5.88 Å². The van der Waals surface area contributed by atoms with E-state index < -0.39 is 0 Å². The summed E-state index contributed by atoms with van der Waals surface area (Å²) in [5.74, 6) is 1.88. The van der Waals surface area contributed by atoms with Crippen LogP contribution in [-0.4, -0.2) is 43.0 Å². The van der Waals surface area contributed by atoms with Gasteiger partial charge in [0.1, 0.15) is 11.8 Å². The van der Waals surface area contributed by atoms with Gasteiger partial charge in [-0.3, -0.25) is 0 Å². The molecule has 0 amide bonds. The second kappa shape index (κ2) is 8.57. The first-order valence-electron chi connectivity index (χ1n) is 10.2. The van der Waals surface area contributed by atoms with E-state index in [1.165, 1.54) is 0 Å². The second-order valence-corrected chi connectivity index (χ2v) is 7.81. The lowest BCUT2D eigenvalue weighted by Gasteiger charge is -2.23. The van der Waals surface area contributed by atoms with Crippen molar-refractivity contribution in [2.45, 2.75) is 19.6 Å². The Morgan fingerprint density at radius 2 is 1.97 bits per heavy atom. The lowest BCUT2D eigenvalue weighted by atomic mass is 10.1. The average Bonchev–Trinajstić information content (AvgIpc) is 3.43. The van der Waals surface area contributed by atoms with Crippen LogP contribution in [0, 0.1) is 6.92 Å². The summed E-state index contributed by atoms with van der Waals surface area (Å²) in [6.07, 6.45) is 7.10. The van der Waals surface area contributed by atoms with E-state index in [4.69, 9.17) is 26.1 Å². The molecule has 9 heteroatoms. The van der Waals surface area contributed by atoms with Crippen molar-refractivity contribution in [2.75, 3.05) is 13.7 Å². The summed E-state index contributed by atoms with van der Waals surface area (Å²) in [6, 6.07) is 11.5. The van der Waals surface area contributed by atoms with E-state index in [9.17, 15) is 0 Å². The summed E-state index contributed by atoms with van der Waals surface area (Å²) in [4.78, 5) is 13.5. The quantitative estimate of drug-likeness (QED) is 0.457. The summed E-state index contributed by atoms with van der Waals surface area (Å²) in [6.45, 7) is 3.17. The topological polar surface area (TPSA) is 79.9 Å². The van der Waals surface area contributed by atoms with Gasteiger partial charge in [0.15, 0.2) is 11.6 Å². The van der Waals surface area contributed by atoms with Crippen LogP contribution in [0.1, 0.15) is 34.7 Å². The second-order valence-electron chi connectivity index (χ2n) is 7.37. The monoisotopic (exact) mass is 448 g/mol.